The van der Waals surface area contributed by atoms with Gasteiger partial charge in [0.05, 0.1) is 5.60 Å². The molecule has 3 fully saturated rings. The number of rotatable bonds is 2. The topological polar surface area (TPSA) is 116 Å². The molecule has 5 rings (SSSR count). The molecule has 4 amide bonds. The van der Waals surface area contributed by atoms with Crippen LogP contribution in [-0.4, -0.2) is 63.5 Å². The minimum atomic E-state index is -1.15. The summed E-state index contributed by atoms with van der Waals surface area (Å²) in [6, 6.07) is 4.84. The molecule has 2 N–H and O–H groups in total. The summed E-state index contributed by atoms with van der Waals surface area (Å²) in [6.45, 7) is 6.63. The number of carbonyl (C=O) groups is 4. The van der Waals surface area contributed by atoms with Crippen molar-refractivity contribution >= 4 is 23.8 Å². The van der Waals surface area contributed by atoms with E-state index in [9.17, 15) is 24.3 Å². The van der Waals surface area contributed by atoms with E-state index in [1.165, 1.54) is 4.90 Å². The first-order chi connectivity index (χ1) is 17.4. The lowest BCUT2D eigenvalue weighted by Crippen LogP contribution is -2.60. The third-order valence-corrected chi connectivity index (χ3v) is 8.58. The lowest BCUT2D eigenvalue weighted by Gasteiger charge is -2.55. The van der Waals surface area contributed by atoms with Crippen molar-refractivity contribution in [2.24, 2.45) is 5.41 Å². The molecule has 2 atom stereocenters. The van der Waals surface area contributed by atoms with Gasteiger partial charge in [-0.3, -0.25) is 19.7 Å². The Labute approximate surface area is 217 Å². The van der Waals surface area contributed by atoms with Crippen LogP contribution in [0.25, 0.3) is 0 Å². The maximum atomic E-state index is 13.2. The van der Waals surface area contributed by atoms with Gasteiger partial charge in [-0.2, -0.15) is 0 Å². The smallest absolute Gasteiger partial charge is 0.410 e. The van der Waals surface area contributed by atoms with Crippen molar-refractivity contribution in [2.75, 3.05) is 13.1 Å². The Morgan fingerprint density at radius 1 is 1.11 bits per heavy atom. The Hall–Kier alpha value is -2.94. The normalized spacial score (nSPS) is 27.8. The van der Waals surface area contributed by atoms with Crippen LogP contribution in [0.1, 0.15) is 93.6 Å². The average molecular weight is 512 g/mol. The average Bonchev–Trinajstić information content (AvgIpc) is 3.16. The zero-order valence-electron chi connectivity index (χ0n) is 22.0. The summed E-state index contributed by atoms with van der Waals surface area (Å²) in [7, 11) is 0. The number of hydrogen-bond donors (Lipinski definition) is 2. The molecule has 3 heterocycles. The summed E-state index contributed by atoms with van der Waals surface area (Å²) in [5.74, 6) is -0.979. The summed E-state index contributed by atoms with van der Waals surface area (Å²) < 4.78 is 5.65. The van der Waals surface area contributed by atoms with Crippen molar-refractivity contribution in [1.29, 1.82) is 0 Å². The fraction of sp³-hybridized carbons (Fsp3) is 0.643. The minimum Gasteiger partial charge on any atom is -0.444 e. The van der Waals surface area contributed by atoms with Crippen LogP contribution in [0.5, 0.6) is 0 Å². The van der Waals surface area contributed by atoms with E-state index in [0.717, 1.165) is 43.2 Å². The molecule has 1 aromatic carbocycles. The highest BCUT2D eigenvalue weighted by molar-refractivity contribution is 6.05. The first-order valence-electron chi connectivity index (χ1n) is 13.4. The molecular formula is C28H37N3O6. The molecule has 1 aromatic rings. The van der Waals surface area contributed by atoms with Crippen LogP contribution in [0.15, 0.2) is 18.2 Å². The van der Waals surface area contributed by atoms with Crippen molar-refractivity contribution in [3.63, 3.8) is 0 Å². The molecule has 1 aliphatic carbocycles. The molecule has 4 aliphatic rings. The summed E-state index contributed by atoms with van der Waals surface area (Å²) >= 11 is 0. The van der Waals surface area contributed by atoms with Crippen molar-refractivity contribution in [3.05, 3.63) is 34.9 Å². The molecule has 37 heavy (non-hydrogen) atoms. The number of carbonyl (C=O) groups excluding carboxylic acids is 4. The first-order valence-corrected chi connectivity index (χ1v) is 13.4. The predicted octanol–water partition coefficient (Wildman–Crippen LogP) is 3.23. The molecule has 3 aliphatic heterocycles. The van der Waals surface area contributed by atoms with Gasteiger partial charge in [-0.15, -0.1) is 0 Å². The van der Waals surface area contributed by atoms with Crippen LogP contribution >= 0.6 is 0 Å². The van der Waals surface area contributed by atoms with Gasteiger partial charge in [0.2, 0.25) is 11.8 Å². The largest absolute Gasteiger partial charge is 0.444 e. The molecule has 1 spiro atoms. The van der Waals surface area contributed by atoms with E-state index in [4.69, 9.17) is 4.74 Å². The second kappa shape index (κ2) is 9.11. The van der Waals surface area contributed by atoms with Crippen LogP contribution in [0.4, 0.5) is 4.79 Å². The summed E-state index contributed by atoms with van der Waals surface area (Å²) in [5.41, 5.74) is -0.171. The van der Waals surface area contributed by atoms with E-state index in [2.05, 4.69) is 5.32 Å². The highest BCUT2D eigenvalue weighted by Gasteiger charge is 2.56. The number of benzene rings is 1. The Morgan fingerprint density at radius 2 is 1.84 bits per heavy atom. The monoisotopic (exact) mass is 511 g/mol. The maximum absolute atomic E-state index is 13.2. The van der Waals surface area contributed by atoms with E-state index in [0.29, 0.717) is 31.5 Å². The van der Waals surface area contributed by atoms with Gasteiger partial charge in [0.1, 0.15) is 11.6 Å². The van der Waals surface area contributed by atoms with Crippen molar-refractivity contribution in [1.82, 2.24) is 15.1 Å². The Bertz CT molecular complexity index is 1140. The molecule has 9 nitrogen and oxygen atoms in total. The molecule has 9 heteroatoms. The highest BCUT2D eigenvalue weighted by atomic mass is 16.6. The Morgan fingerprint density at radius 3 is 2.51 bits per heavy atom. The summed E-state index contributed by atoms with van der Waals surface area (Å²) in [4.78, 5) is 53.4. The number of imide groups is 1. The maximum Gasteiger partial charge on any atom is 0.410 e. The van der Waals surface area contributed by atoms with Gasteiger partial charge in [-0.25, -0.2) is 4.79 Å². The number of aliphatic hydroxyl groups is 1. The van der Waals surface area contributed by atoms with Crippen molar-refractivity contribution in [3.8, 4) is 0 Å². The van der Waals surface area contributed by atoms with Crippen molar-refractivity contribution < 1.29 is 29.0 Å². The highest BCUT2D eigenvalue weighted by Crippen LogP contribution is 2.55. The number of piperidine rings is 2. The third kappa shape index (κ3) is 4.51. The lowest BCUT2D eigenvalue weighted by atomic mass is 9.58. The Kier molecular flexibility index (Phi) is 6.33. The zero-order valence-corrected chi connectivity index (χ0v) is 22.0. The standard InChI is InChI=1S/C28H37N3O6/c1-26(2,3)37-25(35)30-14-13-28(36,27(17-30)11-5-4-6-12-27)19-7-8-20-18(15-19)16-31(24(20)34)21-9-10-22(32)29-23(21)33/h7-8,15,21,36H,4-6,9-14,16-17H2,1-3H3,(H,29,32,33). The number of ether oxygens (including phenoxy) is 1. The minimum absolute atomic E-state index is 0.207. The number of amides is 4. The molecule has 0 bridgehead atoms. The zero-order chi connectivity index (χ0) is 26.6. The number of hydrogen-bond acceptors (Lipinski definition) is 6. The van der Waals surface area contributed by atoms with E-state index in [1.807, 2.05) is 32.9 Å². The van der Waals surface area contributed by atoms with Crippen molar-refractivity contribution in [2.45, 2.75) is 95.9 Å². The molecule has 2 saturated heterocycles. The fourth-order valence-corrected chi connectivity index (χ4v) is 6.70. The second-order valence-electron chi connectivity index (χ2n) is 12.1. The fourth-order valence-electron chi connectivity index (χ4n) is 6.70. The SMILES string of the molecule is CC(C)(C)OC(=O)N1CCC(O)(c2ccc3c(c2)CN(C2CCC(=O)NC2=O)C3=O)C2(CCCCC2)C1. The van der Waals surface area contributed by atoms with Gasteiger partial charge in [0, 0.05) is 37.0 Å². The van der Waals surface area contributed by atoms with Crippen LogP contribution in [-0.2, 0) is 26.5 Å². The molecule has 0 aromatic heterocycles. The van der Waals surface area contributed by atoms with Crippen LogP contribution in [0.3, 0.4) is 0 Å². The van der Waals surface area contributed by atoms with Gasteiger partial charge in [-0.05, 0) is 63.6 Å². The van der Waals surface area contributed by atoms with E-state index >= 15 is 0 Å². The van der Waals surface area contributed by atoms with Gasteiger partial charge in [0.15, 0.2) is 0 Å². The molecular weight excluding hydrogens is 474 g/mol. The summed E-state index contributed by atoms with van der Waals surface area (Å²) in [6.07, 6.45) is 5.23. The molecule has 200 valence electrons. The van der Waals surface area contributed by atoms with Gasteiger partial charge < -0.3 is 19.6 Å². The molecule has 1 saturated carbocycles. The van der Waals surface area contributed by atoms with E-state index < -0.39 is 28.6 Å². The lowest BCUT2D eigenvalue weighted by molar-refractivity contribution is -0.155. The molecule has 2 unspecified atom stereocenters. The number of nitrogens with one attached hydrogen (secondary N) is 1. The predicted molar refractivity (Wildman–Crippen MR) is 134 cm³/mol. The van der Waals surface area contributed by atoms with Crippen LogP contribution in [0.2, 0.25) is 0 Å². The number of likely N-dealkylation sites (tertiary alicyclic amines) is 1. The van der Waals surface area contributed by atoms with Crippen LogP contribution < -0.4 is 5.32 Å². The van der Waals surface area contributed by atoms with Crippen LogP contribution in [0, 0.1) is 5.41 Å². The Balaban J connectivity index is 1.42. The van der Waals surface area contributed by atoms with Gasteiger partial charge >= 0.3 is 6.09 Å². The number of fused-ring (bicyclic) bond motifs is 1. The quantitative estimate of drug-likeness (QED) is 0.589. The van der Waals surface area contributed by atoms with Gasteiger partial charge in [0.25, 0.3) is 5.91 Å². The third-order valence-electron chi connectivity index (χ3n) is 8.58. The van der Waals surface area contributed by atoms with E-state index in [1.54, 1.807) is 11.0 Å². The number of nitrogens with zero attached hydrogens (tertiary/aromatic N) is 2. The summed E-state index contributed by atoms with van der Waals surface area (Å²) in [5, 5.41) is 14.7. The molecule has 0 radical (unpaired) electrons. The second-order valence-corrected chi connectivity index (χ2v) is 12.1. The first kappa shape index (κ1) is 25.7. The van der Waals surface area contributed by atoms with Gasteiger partial charge in [-0.1, -0.05) is 31.4 Å². The van der Waals surface area contributed by atoms with E-state index in [-0.39, 0.29) is 30.9 Å².